The van der Waals surface area contributed by atoms with Crippen molar-refractivity contribution in [2.24, 2.45) is 0 Å². The van der Waals surface area contributed by atoms with E-state index in [1.165, 1.54) is 4.90 Å². The average molecular weight is 234 g/mol. The van der Waals surface area contributed by atoms with Crippen molar-refractivity contribution >= 4 is 17.7 Å². The van der Waals surface area contributed by atoms with E-state index in [-0.39, 0.29) is 12.4 Å². The minimum atomic E-state index is -0.250. The first kappa shape index (κ1) is 12.7. The van der Waals surface area contributed by atoms with Crippen molar-refractivity contribution in [3.63, 3.8) is 0 Å². The number of benzene rings is 1. The molecule has 0 saturated heterocycles. The summed E-state index contributed by atoms with van der Waals surface area (Å²) in [4.78, 5) is 12.1. The minimum Gasteiger partial charge on any atom is -0.465 e. The Balaban J connectivity index is 2.21. The van der Waals surface area contributed by atoms with Gasteiger partial charge in [-0.1, -0.05) is 30.0 Å². The van der Waals surface area contributed by atoms with Gasteiger partial charge < -0.3 is 4.74 Å². The first-order valence-corrected chi connectivity index (χ1v) is 6.10. The topological polar surface area (TPSA) is 26.3 Å². The lowest BCUT2D eigenvalue weighted by Gasteiger charge is -1.95. The number of ether oxygens (including phenoxy) is 1. The molecular weight excluding hydrogens is 220 g/mol. The van der Waals surface area contributed by atoms with Crippen molar-refractivity contribution in [1.29, 1.82) is 0 Å². The predicted octanol–water partition coefficient (Wildman–Crippen LogP) is 2.74. The summed E-state index contributed by atoms with van der Waals surface area (Å²) in [5.74, 6) is 6.18. The first-order valence-electron chi connectivity index (χ1n) is 5.12. The Morgan fingerprint density at radius 3 is 2.75 bits per heavy atom. The van der Waals surface area contributed by atoms with Crippen LogP contribution in [0.1, 0.15) is 13.3 Å². The van der Waals surface area contributed by atoms with Gasteiger partial charge in [-0.15, -0.1) is 11.8 Å². The van der Waals surface area contributed by atoms with E-state index in [0.717, 1.165) is 0 Å². The summed E-state index contributed by atoms with van der Waals surface area (Å²) in [6.45, 7) is 2.20. The highest BCUT2D eigenvalue weighted by Crippen LogP contribution is 2.15. The highest BCUT2D eigenvalue weighted by Gasteiger charge is 1.95. The highest BCUT2D eigenvalue weighted by atomic mass is 32.2. The van der Waals surface area contributed by atoms with Crippen molar-refractivity contribution in [2.75, 3.05) is 12.4 Å². The maximum atomic E-state index is 10.9. The van der Waals surface area contributed by atoms with Crippen molar-refractivity contribution in [1.82, 2.24) is 0 Å². The largest absolute Gasteiger partial charge is 0.465 e. The lowest BCUT2D eigenvalue weighted by atomic mass is 10.4. The smallest absolute Gasteiger partial charge is 0.317 e. The number of hydrogen-bond donors (Lipinski definition) is 0. The second-order valence-electron chi connectivity index (χ2n) is 2.94. The second-order valence-corrected chi connectivity index (χ2v) is 3.99. The monoisotopic (exact) mass is 234 g/mol. The van der Waals surface area contributed by atoms with E-state index in [4.69, 9.17) is 4.74 Å². The van der Waals surface area contributed by atoms with Crippen LogP contribution < -0.4 is 0 Å². The van der Waals surface area contributed by atoms with Crippen LogP contribution in [0.5, 0.6) is 0 Å². The van der Waals surface area contributed by atoms with Crippen molar-refractivity contribution in [2.45, 2.75) is 18.2 Å². The van der Waals surface area contributed by atoms with Gasteiger partial charge in [-0.05, 0) is 19.1 Å². The van der Waals surface area contributed by atoms with Gasteiger partial charge in [0.1, 0.15) is 6.42 Å². The summed E-state index contributed by atoms with van der Waals surface area (Å²) in [5.41, 5.74) is 0. The number of rotatable bonds is 4. The lowest BCUT2D eigenvalue weighted by Crippen LogP contribution is -2.01. The Labute approximate surface area is 100 Å². The molecule has 1 aromatic rings. The fraction of sp³-hybridized carbons (Fsp3) is 0.308. The third-order valence-corrected chi connectivity index (χ3v) is 2.61. The summed E-state index contributed by atoms with van der Waals surface area (Å²) in [6, 6.07) is 10.1. The molecule has 0 spiro atoms. The summed E-state index contributed by atoms with van der Waals surface area (Å²) in [5, 5.41) is 0. The number of carbonyl (C=O) groups excluding carboxylic acids is 1. The van der Waals surface area contributed by atoms with E-state index in [1.807, 2.05) is 30.3 Å². The van der Waals surface area contributed by atoms with Crippen LogP contribution >= 0.6 is 11.8 Å². The Kier molecular flexibility index (Phi) is 6.20. The molecular formula is C13H14O2S. The van der Waals surface area contributed by atoms with Gasteiger partial charge >= 0.3 is 5.97 Å². The molecule has 0 aromatic heterocycles. The van der Waals surface area contributed by atoms with Gasteiger partial charge in [0.2, 0.25) is 0 Å². The Morgan fingerprint density at radius 1 is 1.31 bits per heavy atom. The van der Waals surface area contributed by atoms with E-state index < -0.39 is 0 Å². The second kappa shape index (κ2) is 7.84. The number of thioether (sulfide) groups is 1. The standard InChI is InChI=1S/C13H14O2S/c1-2-15-13(14)10-6-7-11-16-12-8-4-3-5-9-12/h3-5,8-9H,2,10-11H2,1H3. The van der Waals surface area contributed by atoms with E-state index in [0.29, 0.717) is 12.4 Å². The van der Waals surface area contributed by atoms with Gasteiger partial charge in [-0.3, -0.25) is 4.79 Å². The van der Waals surface area contributed by atoms with Crippen LogP contribution in [-0.4, -0.2) is 18.3 Å². The molecule has 0 saturated carbocycles. The lowest BCUT2D eigenvalue weighted by molar-refractivity contribution is -0.141. The molecule has 0 radical (unpaired) electrons. The fourth-order valence-electron chi connectivity index (χ4n) is 1.03. The normalized spacial score (nSPS) is 9.06. The molecule has 0 unspecified atom stereocenters. The predicted molar refractivity (Wildman–Crippen MR) is 66.2 cm³/mol. The van der Waals surface area contributed by atoms with Gasteiger partial charge in [0.05, 0.1) is 12.4 Å². The molecule has 1 rings (SSSR count). The van der Waals surface area contributed by atoms with Crippen LogP contribution in [0.2, 0.25) is 0 Å². The summed E-state index contributed by atoms with van der Waals surface area (Å²) < 4.78 is 4.76. The third-order valence-electron chi connectivity index (χ3n) is 1.72. The van der Waals surface area contributed by atoms with E-state index in [9.17, 15) is 4.79 Å². The minimum absolute atomic E-state index is 0.184. The van der Waals surface area contributed by atoms with E-state index in [1.54, 1.807) is 18.7 Å². The molecule has 84 valence electrons. The Morgan fingerprint density at radius 2 is 2.06 bits per heavy atom. The van der Waals surface area contributed by atoms with Gasteiger partial charge in [-0.25, -0.2) is 0 Å². The van der Waals surface area contributed by atoms with E-state index >= 15 is 0 Å². The molecule has 0 N–H and O–H groups in total. The van der Waals surface area contributed by atoms with E-state index in [2.05, 4.69) is 11.8 Å². The van der Waals surface area contributed by atoms with Gasteiger partial charge in [-0.2, -0.15) is 0 Å². The molecule has 3 heteroatoms. The zero-order valence-corrected chi connectivity index (χ0v) is 10.0. The maximum Gasteiger partial charge on any atom is 0.317 e. The number of esters is 1. The van der Waals surface area contributed by atoms with Gasteiger partial charge in [0.15, 0.2) is 0 Å². The van der Waals surface area contributed by atoms with Crippen LogP contribution in [0.25, 0.3) is 0 Å². The number of hydrogen-bond acceptors (Lipinski definition) is 3. The zero-order chi connectivity index (χ0) is 11.6. The first-order chi connectivity index (χ1) is 7.83. The van der Waals surface area contributed by atoms with Crippen molar-refractivity contribution in [3.8, 4) is 11.8 Å². The van der Waals surface area contributed by atoms with Crippen LogP contribution in [0, 0.1) is 11.8 Å². The quantitative estimate of drug-likeness (QED) is 0.455. The summed E-state index contributed by atoms with van der Waals surface area (Å²) in [7, 11) is 0. The van der Waals surface area contributed by atoms with Crippen molar-refractivity contribution < 1.29 is 9.53 Å². The molecule has 2 nitrogen and oxygen atoms in total. The molecule has 0 aliphatic carbocycles. The highest BCUT2D eigenvalue weighted by molar-refractivity contribution is 7.99. The van der Waals surface area contributed by atoms with Crippen LogP contribution in [0.3, 0.4) is 0 Å². The molecule has 0 atom stereocenters. The molecule has 0 fully saturated rings. The summed E-state index contributed by atoms with van der Waals surface area (Å²) in [6.07, 6.45) is 0.184. The molecule has 16 heavy (non-hydrogen) atoms. The van der Waals surface area contributed by atoms with Crippen LogP contribution in [0.4, 0.5) is 0 Å². The molecule has 1 aromatic carbocycles. The molecule has 0 aliphatic rings. The maximum absolute atomic E-state index is 10.9. The fourth-order valence-corrected chi connectivity index (χ4v) is 1.72. The Bertz CT molecular complexity index is 376. The van der Waals surface area contributed by atoms with Gasteiger partial charge in [0.25, 0.3) is 0 Å². The third kappa shape index (κ3) is 5.47. The van der Waals surface area contributed by atoms with Crippen LogP contribution in [0.15, 0.2) is 35.2 Å². The molecule has 0 bridgehead atoms. The van der Waals surface area contributed by atoms with Crippen molar-refractivity contribution in [3.05, 3.63) is 30.3 Å². The molecule has 0 heterocycles. The van der Waals surface area contributed by atoms with Crippen LogP contribution in [-0.2, 0) is 9.53 Å². The van der Waals surface area contributed by atoms with Gasteiger partial charge in [0, 0.05) is 4.90 Å². The number of carbonyl (C=O) groups is 1. The average Bonchev–Trinajstić information content (AvgIpc) is 2.30. The molecule has 0 aliphatic heterocycles. The SMILES string of the molecule is CCOC(=O)CC#CCSc1ccccc1. The zero-order valence-electron chi connectivity index (χ0n) is 9.23. The summed E-state index contributed by atoms with van der Waals surface area (Å²) >= 11 is 1.66. The Hall–Kier alpha value is -1.40. The molecule has 0 amide bonds.